The van der Waals surface area contributed by atoms with Gasteiger partial charge in [0.05, 0.1) is 6.54 Å². The topological polar surface area (TPSA) is 38.4 Å². The van der Waals surface area contributed by atoms with Gasteiger partial charge < -0.3 is 5.73 Å². The van der Waals surface area contributed by atoms with Gasteiger partial charge in [-0.15, -0.1) is 0 Å². The quantitative estimate of drug-likeness (QED) is 0.652. The van der Waals surface area contributed by atoms with E-state index in [0.717, 1.165) is 6.54 Å². The number of nitrogens with zero attached hydrogens (tertiary/aromatic N) is 1. The summed E-state index contributed by atoms with van der Waals surface area (Å²) >= 11 is 0. The Morgan fingerprint density at radius 3 is 3.06 bits per heavy atom. The largest absolute Gasteiger partial charge is 0.323 e. The van der Waals surface area contributed by atoms with Crippen LogP contribution >= 0.6 is 0 Å². The first kappa shape index (κ1) is 9.55. The van der Waals surface area contributed by atoms with Crippen LogP contribution in [0.4, 0.5) is 0 Å². The highest BCUT2D eigenvalue weighted by molar-refractivity contribution is 5.77. The van der Waals surface area contributed by atoms with E-state index < -0.39 is 0 Å². The predicted octanol–water partition coefficient (Wildman–Crippen LogP) is 1.93. The van der Waals surface area contributed by atoms with Crippen LogP contribution in [-0.2, 0) is 0 Å². The lowest BCUT2D eigenvalue weighted by molar-refractivity contribution is 0.642. The number of aliphatic imine (C=N–C) groups is 1. The van der Waals surface area contributed by atoms with Gasteiger partial charge in [0.25, 0.3) is 0 Å². The number of nitrogens with two attached hydrogens (primary N) is 1. The lowest BCUT2D eigenvalue weighted by atomic mass is 9.84. The zero-order chi connectivity index (χ0) is 11.0. The summed E-state index contributed by atoms with van der Waals surface area (Å²) in [4.78, 5) is 4.26. The van der Waals surface area contributed by atoms with Gasteiger partial charge in [-0.2, -0.15) is 0 Å². The van der Waals surface area contributed by atoms with Crippen molar-refractivity contribution in [3.8, 4) is 0 Å². The summed E-state index contributed by atoms with van der Waals surface area (Å²) in [6, 6.07) is 0.0490. The van der Waals surface area contributed by atoms with E-state index in [9.17, 15) is 0 Å². The van der Waals surface area contributed by atoms with Crippen molar-refractivity contribution in [1.82, 2.24) is 0 Å². The number of fused-ring (bicyclic) bond motifs is 2. The Bertz CT molecular complexity index is 481. The van der Waals surface area contributed by atoms with Crippen LogP contribution in [0.5, 0.6) is 0 Å². The molecule has 0 aromatic carbocycles. The fraction of sp³-hybridized carbons (Fsp3) is 0.214. The Balaban J connectivity index is 2.08. The summed E-state index contributed by atoms with van der Waals surface area (Å²) in [6.45, 7) is 0.753. The number of hydrogen-bond donors (Lipinski definition) is 1. The second-order valence-corrected chi connectivity index (χ2v) is 4.27. The first-order chi connectivity index (χ1) is 7.86. The monoisotopic (exact) mass is 210 g/mol. The van der Waals surface area contributed by atoms with Crippen LogP contribution in [0.15, 0.2) is 64.2 Å². The van der Waals surface area contributed by atoms with Gasteiger partial charge in [-0.05, 0) is 22.8 Å². The Morgan fingerprint density at radius 1 is 1.19 bits per heavy atom. The average molecular weight is 210 g/mol. The highest BCUT2D eigenvalue weighted by atomic mass is 14.7. The lowest BCUT2D eigenvalue weighted by Gasteiger charge is -2.25. The molecule has 2 aliphatic carbocycles. The molecule has 0 radical (unpaired) electrons. The summed E-state index contributed by atoms with van der Waals surface area (Å²) in [5, 5.41) is 0. The molecule has 0 aromatic heterocycles. The van der Waals surface area contributed by atoms with E-state index in [0.29, 0.717) is 5.92 Å². The van der Waals surface area contributed by atoms with Crippen LogP contribution in [0.25, 0.3) is 0 Å². The Kier molecular flexibility index (Phi) is 2.22. The summed E-state index contributed by atoms with van der Waals surface area (Å²) in [5.41, 5.74) is 10.1. The highest BCUT2D eigenvalue weighted by Crippen LogP contribution is 2.31. The molecule has 16 heavy (non-hydrogen) atoms. The molecule has 2 unspecified atom stereocenters. The first-order valence-corrected chi connectivity index (χ1v) is 5.58. The first-order valence-electron chi connectivity index (χ1n) is 5.58. The molecule has 0 aromatic rings. The Hall–Kier alpha value is -1.67. The zero-order valence-corrected chi connectivity index (χ0v) is 9.01. The van der Waals surface area contributed by atoms with Crippen molar-refractivity contribution in [3.63, 3.8) is 0 Å². The predicted molar refractivity (Wildman–Crippen MR) is 67.4 cm³/mol. The van der Waals surface area contributed by atoms with Gasteiger partial charge in [-0.1, -0.05) is 36.5 Å². The smallest absolute Gasteiger partial charge is 0.0642 e. The van der Waals surface area contributed by atoms with Crippen molar-refractivity contribution in [2.24, 2.45) is 16.6 Å². The van der Waals surface area contributed by atoms with Gasteiger partial charge in [-0.3, -0.25) is 4.99 Å². The van der Waals surface area contributed by atoms with Gasteiger partial charge in [0, 0.05) is 18.2 Å². The van der Waals surface area contributed by atoms with E-state index in [1.807, 2.05) is 12.3 Å². The van der Waals surface area contributed by atoms with Gasteiger partial charge in [0.1, 0.15) is 0 Å². The molecule has 0 spiro atoms. The minimum absolute atomic E-state index is 0.0490. The van der Waals surface area contributed by atoms with E-state index in [2.05, 4.69) is 41.4 Å². The number of dihydropyridines is 1. The number of rotatable bonds is 0. The number of hydrogen-bond acceptors (Lipinski definition) is 2. The molecule has 0 saturated carbocycles. The van der Waals surface area contributed by atoms with Crippen molar-refractivity contribution < 1.29 is 0 Å². The molecule has 2 heteroatoms. The lowest BCUT2D eigenvalue weighted by Crippen LogP contribution is -2.33. The van der Waals surface area contributed by atoms with E-state index in [4.69, 9.17) is 5.73 Å². The van der Waals surface area contributed by atoms with Crippen LogP contribution in [0, 0.1) is 5.92 Å². The van der Waals surface area contributed by atoms with Crippen molar-refractivity contribution in [2.45, 2.75) is 6.04 Å². The van der Waals surface area contributed by atoms with E-state index in [1.54, 1.807) is 0 Å². The second kappa shape index (κ2) is 3.72. The number of allylic oxidation sites excluding steroid dienone is 6. The molecule has 0 fully saturated rings. The van der Waals surface area contributed by atoms with E-state index >= 15 is 0 Å². The minimum atomic E-state index is 0.0490. The standard InChI is InChI=1S/C14H14N2/c15-14-12-4-2-1-3-10(12)5-6-11-9-16-8-7-13(11)14/h1-8,12,14H,9,15H2. The van der Waals surface area contributed by atoms with Crippen molar-refractivity contribution >= 4 is 6.21 Å². The molecule has 1 aliphatic heterocycles. The van der Waals surface area contributed by atoms with Crippen LogP contribution in [-0.4, -0.2) is 18.8 Å². The highest BCUT2D eigenvalue weighted by Gasteiger charge is 2.26. The molecule has 3 rings (SSSR count). The molecular formula is C14H14N2. The molecule has 2 N–H and O–H groups in total. The van der Waals surface area contributed by atoms with Crippen LogP contribution in [0.3, 0.4) is 0 Å². The third kappa shape index (κ3) is 1.42. The van der Waals surface area contributed by atoms with Gasteiger partial charge in [0.2, 0.25) is 0 Å². The van der Waals surface area contributed by atoms with Crippen LogP contribution < -0.4 is 5.73 Å². The maximum absolute atomic E-state index is 6.35. The Labute approximate surface area is 95.3 Å². The molecule has 2 nitrogen and oxygen atoms in total. The van der Waals surface area contributed by atoms with Gasteiger partial charge in [0.15, 0.2) is 0 Å². The summed E-state index contributed by atoms with van der Waals surface area (Å²) in [7, 11) is 0. The molecular weight excluding hydrogens is 196 g/mol. The fourth-order valence-electron chi connectivity index (χ4n) is 2.41. The summed E-state index contributed by atoms with van der Waals surface area (Å²) < 4.78 is 0. The molecule has 80 valence electrons. The minimum Gasteiger partial charge on any atom is -0.323 e. The van der Waals surface area contributed by atoms with Gasteiger partial charge >= 0.3 is 0 Å². The van der Waals surface area contributed by atoms with Gasteiger partial charge in [-0.25, -0.2) is 0 Å². The summed E-state index contributed by atoms with van der Waals surface area (Å²) in [5.74, 6) is 0.302. The van der Waals surface area contributed by atoms with E-state index in [1.165, 1.54) is 16.7 Å². The second-order valence-electron chi connectivity index (χ2n) is 4.27. The third-order valence-corrected chi connectivity index (χ3v) is 3.32. The Morgan fingerprint density at radius 2 is 2.12 bits per heavy atom. The molecule has 3 aliphatic rings. The average Bonchev–Trinajstić information content (AvgIpc) is 2.49. The maximum Gasteiger partial charge on any atom is 0.0642 e. The SMILES string of the molecule is NC1C2=CC=NCC2=CC=C2C=CC=CC21. The zero-order valence-electron chi connectivity index (χ0n) is 9.01. The van der Waals surface area contributed by atoms with E-state index in [-0.39, 0.29) is 6.04 Å². The van der Waals surface area contributed by atoms with Crippen molar-refractivity contribution in [3.05, 3.63) is 59.3 Å². The molecule has 2 atom stereocenters. The van der Waals surface area contributed by atoms with Crippen molar-refractivity contribution in [2.75, 3.05) is 6.54 Å². The summed E-state index contributed by atoms with van der Waals surface area (Å²) in [6.07, 6.45) is 16.7. The molecule has 0 bridgehead atoms. The normalized spacial score (nSPS) is 30.9. The molecule has 0 amide bonds. The maximum atomic E-state index is 6.35. The van der Waals surface area contributed by atoms with Crippen LogP contribution in [0.2, 0.25) is 0 Å². The van der Waals surface area contributed by atoms with Crippen molar-refractivity contribution in [1.29, 1.82) is 0 Å². The molecule has 0 saturated heterocycles. The van der Waals surface area contributed by atoms with Crippen LogP contribution in [0.1, 0.15) is 0 Å². The molecule has 1 heterocycles. The fourth-order valence-corrected chi connectivity index (χ4v) is 2.41. The third-order valence-electron chi connectivity index (χ3n) is 3.32.